The standard InChI is InChI=1S/C34H34N2O4/c1-24-16-18-25(19-17-24)29-12-7-8-13-30(29)33(39)35-28-22-20-27(21-23-28)34(40)36(2)31-14-9-6-11-26(31)10-4-3-5-15-32(37)38/h6-9,11-14,16-23H,3-5,10,15H2,1-2H3,(H,35,39)(H,37,38). The lowest BCUT2D eigenvalue weighted by Crippen LogP contribution is -2.27. The summed E-state index contributed by atoms with van der Waals surface area (Å²) in [5, 5.41) is 11.8. The topological polar surface area (TPSA) is 86.7 Å². The van der Waals surface area contributed by atoms with Gasteiger partial charge < -0.3 is 15.3 Å². The normalized spacial score (nSPS) is 10.7. The molecule has 6 heteroatoms. The zero-order valence-corrected chi connectivity index (χ0v) is 22.9. The van der Waals surface area contributed by atoms with Crippen molar-refractivity contribution in [2.75, 3.05) is 17.3 Å². The Kier molecular flexibility index (Phi) is 9.47. The van der Waals surface area contributed by atoms with Crippen molar-refractivity contribution in [3.05, 3.63) is 119 Å². The minimum Gasteiger partial charge on any atom is -0.481 e. The SMILES string of the molecule is Cc1ccc(-c2ccccc2C(=O)Nc2ccc(C(=O)N(C)c3ccccc3CCCCCC(=O)O)cc2)cc1. The van der Waals surface area contributed by atoms with Gasteiger partial charge in [0, 0.05) is 36.0 Å². The molecule has 204 valence electrons. The smallest absolute Gasteiger partial charge is 0.303 e. The average molecular weight is 535 g/mol. The number of anilines is 2. The summed E-state index contributed by atoms with van der Waals surface area (Å²) in [5.74, 6) is -1.14. The van der Waals surface area contributed by atoms with Crippen LogP contribution >= 0.6 is 0 Å². The Morgan fingerprint density at radius 1 is 0.775 bits per heavy atom. The molecule has 0 fully saturated rings. The van der Waals surface area contributed by atoms with Crippen molar-refractivity contribution in [1.82, 2.24) is 0 Å². The van der Waals surface area contributed by atoms with Crippen LogP contribution in [0.2, 0.25) is 0 Å². The van der Waals surface area contributed by atoms with Crippen molar-refractivity contribution in [2.45, 2.75) is 39.0 Å². The second kappa shape index (κ2) is 13.4. The van der Waals surface area contributed by atoms with Gasteiger partial charge in [-0.2, -0.15) is 0 Å². The number of nitrogens with one attached hydrogen (secondary N) is 1. The highest BCUT2D eigenvalue weighted by Crippen LogP contribution is 2.26. The van der Waals surface area contributed by atoms with Crippen molar-refractivity contribution in [3.8, 4) is 11.1 Å². The van der Waals surface area contributed by atoms with E-state index < -0.39 is 5.97 Å². The van der Waals surface area contributed by atoms with E-state index in [0.717, 1.165) is 47.2 Å². The summed E-state index contributed by atoms with van der Waals surface area (Å²) in [6.45, 7) is 2.03. The molecule has 0 spiro atoms. The number of unbranched alkanes of at least 4 members (excludes halogenated alkanes) is 2. The molecular formula is C34H34N2O4. The molecule has 2 N–H and O–H groups in total. The zero-order valence-electron chi connectivity index (χ0n) is 22.9. The predicted octanol–water partition coefficient (Wildman–Crippen LogP) is 7.38. The Labute approximate surface area is 235 Å². The van der Waals surface area contributed by atoms with Gasteiger partial charge in [-0.05, 0) is 79.3 Å². The predicted molar refractivity (Wildman–Crippen MR) is 160 cm³/mol. The highest BCUT2D eigenvalue weighted by atomic mass is 16.4. The summed E-state index contributed by atoms with van der Waals surface area (Å²) in [6, 6.07) is 30.3. The van der Waals surface area contributed by atoms with E-state index in [1.807, 2.05) is 73.7 Å². The molecule has 4 rings (SSSR count). The molecule has 0 aromatic heterocycles. The van der Waals surface area contributed by atoms with Crippen molar-refractivity contribution in [1.29, 1.82) is 0 Å². The maximum absolute atomic E-state index is 13.3. The number of hydrogen-bond acceptors (Lipinski definition) is 3. The van der Waals surface area contributed by atoms with Gasteiger partial charge in [0.2, 0.25) is 0 Å². The van der Waals surface area contributed by atoms with Gasteiger partial charge in [0.15, 0.2) is 0 Å². The number of nitrogens with zero attached hydrogens (tertiary/aromatic N) is 1. The van der Waals surface area contributed by atoms with Crippen LogP contribution in [0.3, 0.4) is 0 Å². The second-order valence-electron chi connectivity index (χ2n) is 9.89. The van der Waals surface area contributed by atoms with E-state index in [2.05, 4.69) is 5.32 Å². The monoisotopic (exact) mass is 534 g/mol. The Bertz CT molecular complexity index is 1480. The van der Waals surface area contributed by atoms with E-state index in [1.54, 1.807) is 42.3 Å². The van der Waals surface area contributed by atoms with Crippen LogP contribution in [-0.4, -0.2) is 29.9 Å². The van der Waals surface area contributed by atoms with Gasteiger partial charge >= 0.3 is 5.97 Å². The number of aliphatic carboxylic acids is 1. The Morgan fingerprint density at radius 3 is 2.17 bits per heavy atom. The van der Waals surface area contributed by atoms with E-state index in [4.69, 9.17) is 5.11 Å². The van der Waals surface area contributed by atoms with Gasteiger partial charge in [-0.1, -0.05) is 72.6 Å². The minimum atomic E-state index is -0.775. The molecule has 4 aromatic carbocycles. The average Bonchev–Trinajstić information content (AvgIpc) is 2.97. The van der Waals surface area contributed by atoms with E-state index in [-0.39, 0.29) is 18.2 Å². The molecule has 0 aliphatic rings. The highest BCUT2D eigenvalue weighted by molar-refractivity contribution is 6.09. The number of amides is 2. The lowest BCUT2D eigenvalue weighted by atomic mass is 9.98. The fraction of sp³-hybridized carbons (Fsp3) is 0.206. The first kappa shape index (κ1) is 28.3. The van der Waals surface area contributed by atoms with Gasteiger partial charge in [-0.25, -0.2) is 0 Å². The molecule has 2 amide bonds. The van der Waals surface area contributed by atoms with E-state index in [0.29, 0.717) is 23.2 Å². The number of para-hydroxylation sites is 1. The third-order valence-corrected chi connectivity index (χ3v) is 6.92. The molecule has 40 heavy (non-hydrogen) atoms. The van der Waals surface area contributed by atoms with Crippen LogP contribution in [0.15, 0.2) is 97.1 Å². The van der Waals surface area contributed by atoms with Crippen LogP contribution in [0.5, 0.6) is 0 Å². The van der Waals surface area contributed by atoms with Gasteiger partial charge in [-0.15, -0.1) is 0 Å². The van der Waals surface area contributed by atoms with Crippen molar-refractivity contribution in [3.63, 3.8) is 0 Å². The van der Waals surface area contributed by atoms with Gasteiger partial charge in [0.25, 0.3) is 11.8 Å². The number of rotatable bonds is 11. The summed E-state index contributed by atoms with van der Waals surface area (Å²) in [4.78, 5) is 38.8. The summed E-state index contributed by atoms with van der Waals surface area (Å²) in [7, 11) is 1.75. The quantitative estimate of drug-likeness (QED) is 0.197. The third-order valence-electron chi connectivity index (χ3n) is 6.92. The molecule has 0 radical (unpaired) electrons. The van der Waals surface area contributed by atoms with Crippen LogP contribution in [0.25, 0.3) is 11.1 Å². The van der Waals surface area contributed by atoms with E-state index in [1.165, 1.54) is 0 Å². The number of benzene rings is 4. The molecule has 0 saturated carbocycles. The number of aryl methyl sites for hydroxylation is 2. The fourth-order valence-electron chi connectivity index (χ4n) is 4.68. The first-order valence-corrected chi connectivity index (χ1v) is 13.5. The molecule has 6 nitrogen and oxygen atoms in total. The fourth-order valence-corrected chi connectivity index (χ4v) is 4.68. The van der Waals surface area contributed by atoms with Gasteiger partial charge in [-0.3, -0.25) is 14.4 Å². The third kappa shape index (κ3) is 7.23. The van der Waals surface area contributed by atoms with Crippen LogP contribution in [-0.2, 0) is 11.2 Å². The Hall–Kier alpha value is -4.71. The summed E-state index contributed by atoms with van der Waals surface area (Å²) >= 11 is 0. The lowest BCUT2D eigenvalue weighted by molar-refractivity contribution is -0.137. The second-order valence-corrected chi connectivity index (χ2v) is 9.89. The van der Waals surface area contributed by atoms with Crippen molar-refractivity contribution < 1.29 is 19.5 Å². The summed E-state index contributed by atoms with van der Waals surface area (Å²) < 4.78 is 0. The van der Waals surface area contributed by atoms with Crippen LogP contribution in [0, 0.1) is 6.92 Å². The molecular weight excluding hydrogens is 500 g/mol. The lowest BCUT2D eigenvalue weighted by Gasteiger charge is -2.21. The van der Waals surface area contributed by atoms with Crippen LogP contribution in [0.4, 0.5) is 11.4 Å². The maximum Gasteiger partial charge on any atom is 0.303 e. The molecule has 0 aliphatic carbocycles. The van der Waals surface area contributed by atoms with Gasteiger partial charge in [0.1, 0.15) is 0 Å². The first-order chi connectivity index (χ1) is 19.3. The number of hydrogen-bond donors (Lipinski definition) is 2. The molecule has 0 heterocycles. The van der Waals surface area contributed by atoms with Gasteiger partial charge in [0.05, 0.1) is 0 Å². The maximum atomic E-state index is 13.3. The summed E-state index contributed by atoms with van der Waals surface area (Å²) in [5.41, 5.74) is 6.55. The molecule has 0 atom stereocenters. The minimum absolute atomic E-state index is 0.152. The largest absolute Gasteiger partial charge is 0.481 e. The Balaban J connectivity index is 1.42. The molecule has 0 saturated heterocycles. The molecule has 4 aromatic rings. The number of carboxylic acid groups (broad SMARTS) is 1. The zero-order chi connectivity index (χ0) is 28.5. The van der Waals surface area contributed by atoms with Crippen LogP contribution < -0.4 is 10.2 Å². The number of carbonyl (C=O) groups is 3. The van der Waals surface area contributed by atoms with Crippen molar-refractivity contribution in [2.24, 2.45) is 0 Å². The molecule has 0 aliphatic heterocycles. The molecule has 0 unspecified atom stereocenters. The Morgan fingerprint density at radius 2 is 1.45 bits per heavy atom. The summed E-state index contributed by atoms with van der Waals surface area (Å²) in [6.07, 6.45) is 3.26. The molecule has 0 bridgehead atoms. The highest BCUT2D eigenvalue weighted by Gasteiger charge is 2.17. The number of carbonyl (C=O) groups excluding carboxylic acids is 2. The van der Waals surface area contributed by atoms with Crippen LogP contribution in [0.1, 0.15) is 57.5 Å². The number of carboxylic acids is 1. The first-order valence-electron chi connectivity index (χ1n) is 13.5. The van der Waals surface area contributed by atoms with E-state index in [9.17, 15) is 14.4 Å². The van der Waals surface area contributed by atoms with Crippen molar-refractivity contribution >= 4 is 29.2 Å². The van der Waals surface area contributed by atoms with E-state index >= 15 is 0 Å².